The minimum Gasteiger partial charge on any atom is -0.387 e. The van der Waals surface area contributed by atoms with Crippen molar-refractivity contribution in [1.82, 2.24) is 5.32 Å². The molecule has 2 N–H and O–H groups in total. The first-order valence-electron chi connectivity index (χ1n) is 7.28. The summed E-state index contributed by atoms with van der Waals surface area (Å²) in [5, 5.41) is 16.1. The molecule has 2 nitrogen and oxygen atoms in total. The van der Waals surface area contributed by atoms with E-state index in [9.17, 15) is 5.11 Å². The molecule has 0 aliphatic carbocycles. The molecule has 2 aromatic rings. The molecule has 0 aromatic heterocycles. The minimum atomic E-state index is -0.468. The van der Waals surface area contributed by atoms with E-state index in [4.69, 9.17) is 0 Å². The van der Waals surface area contributed by atoms with Crippen LogP contribution in [0.3, 0.4) is 0 Å². The molecule has 108 valence electrons. The molecule has 20 heavy (non-hydrogen) atoms. The number of hydrogen-bond acceptors (Lipinski definition) is 2. The Bertz CT molecular complexity index is 571. The van der Waals surface area contributed by atoms with Crippen molar-refractivity contribution in [2.75, 3.05) is 6.54 Å². The summed E-state index contributed by atoms with van der Waals surface area (Å²) in [6, 6.07) is 14.7. The molecule has 2 atom stereocenters. The van der Waals surface area contributed by atoms with Gasteiger partial charge in [-0.15, -0.1) is 0 Å². The molecular formula is C18H25NO. The normalized spacial score (nSPS) is 15.2. The zero-order valence-electron chi connectivity index (χ0n) is 12.9. The number of nitrogens with one attached hydrogen (secondary N) is 1. The van der Waals surface area contributed by atoms with Crippen LogP contribution < -0.4 is 5.32 Å². The second-order valence-corrected chi connectivity index (χ2v) is 6.62. The smallest absolute Gasteiger partial charge is 0.0914 e. The van der Waals surface area contributed by atoms with Crippen LogP contribution in [0, 0.1) is 5.41 Å². The molecule has 0 aliphatic rings. The fourth-order valence-corrected chi connectivity index (χ4v) is 2.13. The van der Waals surface area contributed by atoms with Crippen LogP contribution in [0.15, 0.2) is 42.5 Å². The van der Waals surface area contributed by atoms with Crippen LogP contribution >= 0.6 is 0 Å². The molecule has 0 spiro atoms. The lowest BCUT2D eigenvalue weighted by Gasteiger charge is -2.29. The Morgan fingerprint density at radius 1 is 1.05 bits per heavy atom. The molecule has 0 heterocycles. The summed E-state index contributed by atoms with van der Waals surface area (Å²) in [6.07, 6.45) is -0.468. The van der Waals surface area contributed by atoms with E-state index >= 15 is 0 Å². The topological polar surface area (TPSA) is 32.3 Å². The average Bonchev–Trinajstić information content (AvgIpc) is 2.42. The Kier molecular flexibility index (Phi) is 4.46. The molecule has 0 amide bonds. The van der Waals surface area contributed by atoms with Crippen LogP contribution in [0.2, 0.25) is 0 Å². The zero-order chi connectivity index (χ0) is 14.8. The van der Waals surface area contributed by atoms with E-state index in [0.29, 0.717) is 12.6 Å². The largest absolute Gasteiger partial charge is 0.387 e. The molecule has 0 unspecified atom stereocenters. The van der Waals surface area contributed by atoms with Crippen molar-refractivity contribution in [2.45, 2.75) is 39.8 Å². The lowest BCUT2D eigenvalue weighted by molar-refractivity contribution is 0.158. The van der Waals surface area contributed by atoms with Gasteiger partial charge in [0.05, 0.1) is 6.10 Å². The number of hydrogen-bond donors (Lipinski definition) is 2. The van der Waals surface area contributed by atoms with Gasteiger partial charge in [-0.25, -0.2) is 0 Å². The molecule has 2 aromatic carbocycles. The van der Waals surface area contributed by atoms with Gasteiger partial charge in [-0.05, 0) is 34.7 Å². The lowest BCUT2D eigenvalue weighted by Crippen LogP contribution is -2.39. The Hall–Kier alpha value is -1.38. The highest BCUT2D eigenvalue weighted by atomic mass is 16.3. The first-order chi connectivity index (χ1) is 9.38. The molecule has 0 aliphatic heterocycles. The SMILES string of the molecule is C[C@H](NC[C@H](O)c1ccc2ccccc2c1)C(C)(C)C. The third-order valence-corrected chi connectivity index (χ3v) is 4.07. The minimum absolute atomic E-state index is 0.198. The van der Waals surface area contributed by atoms with Gasteiger partial charge in [0.2, 0.25) is 0 Å². The van der Waals surface area contributed by atoms with Crippen LogP contribution in [0.4, 0.5) is 0 Å². The molecule has 0 bridgehead atoms. The Balaban J connectivity index is 2.06. The highest BCUT2D eigenvalue weighted by Crippen LogP contribution is 2.22. The first kappa shape index (κ1) is 15.0. The van der Waals surface area contributed by atoms with Crippen LogP contribution in [0.1, 0.15) is 39.4 Å². The molecule has 0 fully saturated rings. The summed E-state index contributed by atoms with van der Waals surface area (Å²) >= 11 is 0. The lowest BCUT2D eigenvalue weighted by atomic mass is 9.88. The summed E-state index contributed by atoms with van der Waals surface area (Å²) in [7, 11) is 0. The van der Waals surface area contributed by atoms with Gasteiger partial charge in [0, 0.05) is 12.6 Å². The quantitative estimate of drug-likeness (QED) is 0.884. The third-order valence-electron chi connectivity index (χ3n) is 4.07. The van der Waals surface area contributed by atoms with E-state index in [0.717, 1.165) is 5.56 Å². The summed E-state index contributed by atoms with van der Waals surface area (Å²) in [4.78, 5) is 0. The second-order valence-electron chi connectivity index (χ2n) is 6.62. The first-order valence-corrected chi connectivity index (χ1v) is 7.28. The standard InChI is InChI=1S/C18H25NO/c1-13(18(2,3)4)19-12-17(20)16-10-9-14-7-5-6-8-15(14)11-16/h5-11,13,17,19-20H,12H2,1-4H3/t13-,17-/m0/s1. The summed E-state index contributed by atoms with van der Waals surface area (Å²) < 4.78 is 0. The van der Waals surface area contributed by atoms with Gasteiger partial charge in [-0.2, -0.15) is 0 Å². The predicted molar refractivity (Wildman–Crippen MR) is 85.8 cm³/mol. The highest BCUT2D eigenvalue weighted by Gasteiger charge is 2.20. The van der Waals surface area contributed by atoms with Crippen molar-refractivity contribution in [1.29, 1.82) is 0 Å². The van der Waals surface area contributed by atoms with Crippen molar-refractivity contribution in [3.63, 3.8) is 0 Å². The van der Waals surface area contributed by atoms with Crippen LogP contribution in [-0.4, -0.2) is 17.7 Å². The zero-order valence-corrected chi connectivity index (χ0v) is 12.9. The van der Waals surface area contributed by atoms with Crippen molar-refractivity contribution < 1.29 is 5.11 Å². The number of rotatable bonds is 4. The third kappa shape index (κ3) is 3.59. The van der Waals surface area contributed by atoms with Gasteiger partial charge in [0.25, 0.3) is 0 Å². The van der Waals surface area contributed by atoms with Crippen LogP contribution in [-0.2, 0) is 0 Å². The van der Waals surface area contributed by atoms with E-state index in [1.165, 1.54) is 10.8 Å². The maximum Gasteiger partial charge on any atom is 0.0914 e. The van der Waals surface area contributed by atoms with Crippen molar-refractivity contribution in [3.8, 4) is 0 Å². The van der Waals surface area contributed by atoms with Gasteiger partial charge >= 0.3 is 0 Å². The van der Waals surface area contributed by atoms with E-state index in [1.54, 1.807) is 0 Å². The van der Waals surface area contributed by atoms with E-state index in [2.05, 4.69) is 57.3 Å². The maximum atomic E-state index is 10.3. The fourth-order valence-electron chi connectivity index (χ4n) is 2.13. The number of aliphatic hydroxyl groups is 1. The van der Waals surface area contributed by atoms with Gasteiger partial charge in [0.15, 0.2) is 0 Å². The highest BCUT2D eigenvalue weighted by molar-refractivity contribution is 5.83. The Morgan fingerprint density at radius 2 is 1.70 bits per heavy atom. The van der Waals surface area contributed by atoms with Crippen molar-refractivity contribution in [3.05, 3.63) is 48.0 Å². The summed E-state index contributed by atoms with van der Waals surface area (Å²) in [5.41, 5.74) is 1.17. The molecule has 0 saturated carbocycles. The summed E-state index contributed by atoms with van der Waals surface area (Å²) in [5.74, 6) is 0. The number of benzene rings is 2. The predicted octanol–water partition coefficient (Wildman–Crippen LogP) is 3.90. The Morgan fingerprint density at radius 3 is 2.35 bits per heavy atom. The average molecular weight is 271 g/mol. The molecule has 2 rings (SSSR count). The van der Waals surface area contributed by atoms with Gasteiger partial charge in [-0.3, -0.25) is 0 Å². The summed E-state index contributed by atoms with van der Waals surface area (Å²) in [6.45, 7) is 9.34. The van der Waals surface area contributed by atoms with E-state index in [1.807, 2.05) is 18.2 Å². The number of aliphatic hydroxyl groups excluding tert-OH is 1. The fraction of sp³-hybridized carbons (Fsp3) is 0.444. The van der Waals surface area contributed by atoms with Crippen molar-refractivity contribution >= 4 is 10.8 Å². The molecule has 0 radical (unpaired) electrons. The second kappa shape index (κ2) is 5.94. The van der Waals surface area contributed by atoms with Crippen molar-refractivity contribution in [2.24, 2.45) is 5.41 Å². The van der Waals surface area contributed by atoms with Gasteiger partial charge in [-0.1, -0.05) is 57.2 Å². The van der Waals surface area contributed by atoms with Crippen LogP contribution in [0.5, 0.6) is 0 Å². The maximum absolute atomic E-state index is 10.3. The van der Waals surface area contributed by atoms with Gasteiger partial charge < -0.3 is 10.4 Å². The van der Waals surface area contributed by atoms with Gasteiger partial charge in [0.1, 0.15) is 0 Å². The van der Waals surface area contributed by atoms with E-state index < -0.39 is 6.10 Å². The molecular weight excluding hydrogens is 246 g/mol. The Labute approximate surface area is 121 Å². The molecule has 2 heteroatoms. The monoisotopic (exact) mass is 271 g/mol. The number of fused-ring (bicyclic) bond motifs is 1. The van der Waals surface area contributed by atoms with Crippen LogP contribution in [0.25, 0.3) is 10.8 Å². The molecule has 0 saturated heterocycles. The van der Waals surface area contributed by atoms with E-state index in [-0.39, 0.29) is 5.41 Å².